The van der Waals surface area contributed by atoms with Gasteiger partial charge in [-0.25, -0.2) is 8.42 Å². The maximum atomic E-state index is 12.9. The number of nitrogens with one attached hydrogen (secondary N) is 1. The van der Waals surface area contributed by atoms with E-state index in [2.05, 4.69) is 19.2 Å². The van der Waals surface area contributed by atoms with E-state index in [1.54, 1.807) is 6.08 Å². The first-order valence-electron chi connectivity index (χ1n) is 10.2. The van der Waals surface area contributed by atoms with E-state index in [9.17, 15) is 13.2 Å². The third kappa shape index (κ3) is 5.72. The lowest BCUT2D eigenvalue weighted by atomic mass is 10.0. The van der Waals surface area contributed by atoms with Gasteiger partial charge in [-0.3, -0.25) is 4.79 Å². The lowest BCUT2D eigenvalue weighted by Gasteiger charge is -2.26. The van der Waals surface area contributed by atoms with Crippen molar-refractivity contribution in [2.45, 2.75) is 24.7 Å². The number of carbonyl (C=O) groups excluding carboxylic acids is 1. The summed E-state index contributed by atoms with van der Waals surface area (Å²) < 4.78 is 37.7. The van der Waals surface area contributed by atoms with Gasteiger partial charge in [0.05, 0.1) is 30.9 Å². The first-order valence-corrected chi connectivity index (χ1v) is 11.6. The molecule has 7 nitrogen and oxygen atoms in total. The molecule has 3 rings (SSSR count). The Morgan fingerprint density at radius 2 is 1.81 bits per heavy atom. The summed E-state index contributed by atoms with van der Waals surface area (Å²) in [7, 11) is -2.22. The molecule has 2 aromatic carbocycles. The average molecular weight is 445 g/mol. The van der Waals surface area contributed by atoms with Gasteiger partial charge in [0.25, 0.3) is 0 Å². The van der Waals surface area contributed by atoms with Crippen molar-refractivity contribution in [3.8, 4) is 5.75 Å². The van der Waals surface area contributed by atoms with Crippen molar-refractivity contribution < 1.29 is 22.7 Å². The van der Waals surface area contributed by atoms with Gasteiger partial charge >= 0.3 is 0 Å². The largest absolute Gasteiger partial charge is 0.495 e. The molecule has 0 aromatic heterocycles. The van der Waals surface area contributed by atoms with Crippen LogP contribution in [0.2, 0.25) is 0 Å². The Kier molecular flexibility index (Phi) is 7.48. The van der Waals surface area contributed by atoms with E-state index in [4.69, 9.17) is 9.47 Å². The Hall–Kier alpha value is -2.68. The predicted octanol–water partition coefficient (Wildman–Crippen LogP) is 3.49. The maximum Gasteiger partial charge on any atom is 0.248 e. The van der Waals surface area contributed by atoms with Gasteiger partial charge < -0.3 is 14.8 Å². The molecule has 0 bridgehead atoms. The molecule has 1 amide bonds. The topological polar surface area (TPSA) is 84.9 Å². The molecule has 1 heterocycles. The second-order valence-corrected chi connectivity index (χ2v) is 9.46. The zero-order valence-electron chi connectivity index (χ0n) is 18.0. The highest BCUT2D eigenvalue weighted by atomic mass is 32.2. The van der Waals surface area contributed by atoms with Crippen LogP contribution in [0.15, 0.2) is 53.4 Å². The van der Waals surface area contributed by atoms with Crippen molar-refractivity contribution in [2.75, 3.05) is 38.7 Å². The van der Waals surface area contributed by atoms with E-state index in [0.29, 0.717) is 43.7 Å². The smallest absolute Gasteiger partial charge is 0.248 e. The van der Waals surface area contributed by atoms with Crippen LogP contribution in [-0.4, -0.2) is 52.0 Å². The quantitative estimate of drug-likeness (QED) is 0.661. The van der Waals surface area contributed by atoms with Crippen LogP contribution in [0.25, 0.3) is 6.08 Å². The third-order valence-electron chi connectivity index (χ3n) is 5.07. The number of nitrogens with zero attached hydrogens (tertiary/aromatic N) is 1. The molecule has 1 aliphatic rings. The SMILES string of the molecule is COc1ccc(S(=O)(=O)N2CCOCC2)cc1NC(=O)C=Cc1ccc(C(C)C)cc1. The Balaban J connectivity index is 1.76. The van der Waals surface area contributed by atoms with Crippen molar-refractivity contribution in [2.24, 2.45) is 0 Å². The third-order valence-corrected chi connectivity index (χ3v) is 6.96. The number of rotatable bonds is 7. The van der Waals surface area contributed by atoms with Gasteiger partial charge in [0, 0.05) is 19.2 Å². The number of carbonyl (C=O) groups is 1. The molecule has 8 heteroatoms. The molecule has 1 saturated heterocycles. The number of ether oxygens (including phenoxy) is 2. The van der Waals surface area contributed by atoms with Gasteiger partial charge in [0.1, 0.15) is 5.75 Å². The summed E-state index contributed by atoms with van der Waals surface area (Å²) in [5, 5.41) is 2.72. The van der Waals surface area contributed by atoms with E-state index < -0.39 is 10.0 Å². The van der Waals surface area contributed by atoms with E-state index in [0.717, 1.165) is 5.56 Å². The fraction of sp³-hybridized carbons (Fsp3) is 0.348. The van der Waals surface area contributed by atoms with Crippen LogP contribution in [0.1, 0.15) is 30.9 Å². The van der Waals surface area contributed by atoms with Crippen molar-refractivity contribution in [3.05, 3.63) is 59.7 Å². The fourth-order valence-electron chi connectivity index (χ4n) is 3.22. The van der Waals surface area contributed by atoms with Gasteiger partial charge in [-0.2, -0.15) is 4.31 Å². The normalized spacial score (nSPS) is 15.4. The molecule has 31 heavy (non-hydrogen) atoms. The Morgan fingerprint density at radius 1 is 1.13 bits per heavy atom. The minimum atomic E-state index is -3.68. The number of amides is 1. The van der Waals surface area contributed by atoms with Crippen LogP contribution in [0.3, 0.4) is 0 Å². The standard InChI is InChI=1S/C23H28N2O5S/c1-17(2)19-7-4-18(5-8-19)6-11-23(26)24-21-16-20(9-10-22(21)29-3)31(27,28)25-12-14-30-15-13-25/h4-11,16-17H,12-15H2,1-3H3,(H,24,26). The van der Waals surface area contributed by atoms with Crippen LogP contribution < -0.4 is 10.1 Å². The van der Waals surface area contributed by atoms with Crippen molar-refractivity contribution in [1.82, 2.24) is 4.31 Å². The van der Waals surface area contributed by atoms with E-state index in [-0.39, 0.29) is 10.8 Å². The van der Waals surface area contributed by atoms with Crippen molar-refractivity contribution in [3.63, 3.8) is 0 Å². The summed E-state index contributed by atoms with van der Waals surface area (Å²) >= 11 is 0. The van der Waals surface area contributed by atoms with E-state index in [1.165, 1.54) is 41.3 Å². The van der Waals surface area contributed by atoms with Crippen molar-refractivity contribution in [1.29, 1.82) is 0 Å². The van der Waals surface area contributed by atoms with Crippen LogP contribution in [-0.2, 0) is 19.6 Å². The minimum Gasteiger partial charge on any atom is -0.495 e. The van der Waals surface area contributed by atoms with Gasteiger partial charge in [0.15, 0.2) is 0 Å². The lowest BCUT2D eigenvalue weighted by molar-refractivity contribution is -0.111. The number of benzene rings is 2. The number of methoxy groups -OCH3 is 1. The second-order valence-electron chi connectivity index (χ2n) is 7.52. The first-order chi connectivity index (χ1) is 14.8. The lowest BCUT2D eigenvalue weighted by Crippen LogP contribution is -2.40. The minimum absolute atomic E-state index is 0.0961. The molecule has 0 saturated carbocycles. The fourth-order valence-corrected chi connectivity index (χ4v) is 4.65. The van der Waals surface area contributed by atoms with Gasteiger partial charge in [0.2, 0.25) is 15.9 Å². The Labute approximate surface area is 183 Å². The molecule has 0 spiro atoms. The molecule has 0 radical (unpaired) electrons. The highest BCUT2D eigenvalue weighted by Crippen LogP contribution is 2.29. The molecule has 0 unspecified atom stereocenters. The van der Waals surface area contributed by atoms with Gasteiger partial charge in [-0.15, -0.1) is 0 Å². The number of hydrogen-bond acceptors (Lipinski definition) is 5. The Bertz CT molecular complexity index is 1040. The first kappa shape index (κ1) is 23.0. The molecule has 166 valence electrons. The van der Waals surface area contributed by atoms with E-state index in [1.807, 2.05) is 24.3 Å². The number of morpholine rings is 1. The molecule has 1 aliphatic heterocycles. The number of sulfonamides is 1. The van der Waals surface area contributed by atoms with Crippen LogP contribution in [0.4, 0.5) is 5.69 Å². The zero-order valence-corrected chi connectivity index (χ0v) is 18.8. The second kappa shape index (κ2) is 10.1. The van der Waals surface area contributed by atoms with Crippen LogP contribution >= 0.6 is 0 Å². The summed E-state index contributed by atoms with van der Waals surface area (Å²) in [5.74, 6) is 0.436. The van der Waals surface area contributed by atoms with Crippen LogP contribution in [0, 0.1) is 0 Å². The highest BCUT2D eigenvalue weighted by molar-refractivity contribution is 7.89. The number of anilines is 1. The van der Waals surface area contributed by atoms with Gasteiger partial charge in [-0.05, 0) is 41.3 Å². The zero-order chi connectivity index (χ0) is 22.4. The molecular weight excluding hydrogens is 416 g/mol. The summed E-state index contributed by atoms with van der Waals surface area (Å²) in [6.07, 6.45) is 3.12. The summed E-state index contributed by atoms with van der Waals surface area (Å²) in [4.78, 5) is 12.6. The molecule has 1 N–H and O–H groups in total. The summed E-state index contributed by atoms with van der Waals surface area (Å²) in [5.41, 5.74) is 2.42. The molecular formula is C23H28N2O5S. The average Bonchev–Trinajstić information content (AvgIpc) is 2.78. The molecule has 2 aromatic rings. The number of hydrogen-bond donors (Lipinski definition) is 1. The van der Waals surface area contributed by atoms with Crippen molar-refractivity contribution >= 4 is 27.7 Å². The molecule has 0 aliphatic carbocycles. The highest BCUT2D eigenvalue weighted by Gasteiger charge is 2.27. The van der Waals surface area contributed by atoms with E-state index >= 15 is 0 Å². The monoisotopic (exact) mass is 444 g/mol. The molecule has 0 atom stereocenters. The summed E-state index contributed by atoms with van der Waals surface area (Å²) in [6.45, 7) is 5.57. The Morgan fingerprint density at radius 3 is 2.42 bits per heavy atom. The van der Waals surface area contributed by atoms with Gasteiger partial charge in [-0.1, -0.05) is 38.1 Å². The van der Waals surface area contributed by atoms with Crippen LogP contribution in [0.5, 0.6) is 5.75 Å². The maximum absolute atomic E-state index is 12.9. The molecule has 1 fully saturated rings. The predicted molar refractivity (Wildman–Crippen MR) is 121 cm³/mol. The summed E-state index contributed by atoms with van der Waals surface area (Å²) in [6, 6.07) is 12.4.